The first kappa shape index (κ1) is 16.1. The summed E-state index contributed by atoms with van der Waals surface area (Å²) in [5.41, 5.74) is -1.33. The van der Waals surface area contributed by atoms with Crippen LogP contribution in [0.2, 0.25) is 0 Å². The summed E-state index contributed by atoms with van der Waals surface area (Å²) in [6.45, 7) is 0. The molecule has 1 unspecified atom stereocenters. The number of hydrogen-bond donors (Lipinski definition) is 1. The highest BCUT2D eigenvalue weighted by Crippen LogP contribution is 2.36. The van der Waals surface area contributed by atoms with Crippen LogP contribution in [0.5, 0.6) is 0 Å². The molecular weight excluding hydrogens is 310 g/mol. The Labute approximate surface area is 121 Å². The molecule has 1 atom stereocenters. The summed E-state index contributed by atoms with van der Waals surface area (Å²) in [5, 5.41) is 2.18. The van der Waals surface area contributed by atoms with Crippen molar-refractivity contribution in [2.24, 2.45) is 0 Å². The van der Waals surface area contributed by atoms with Crippen molar-refractivity contribution >= 4 is 5.82 Å². The molecule has 0 aliphatic heterocycles. The van der Waals surface area contributed by atoms with Gasteiger partial charge in [0.25, 0.3) is 0 Å². The molecule has 2 rings (SSSR count). The first-order chi connectivity index (χ1) is 10.2. The van der Waals surface area contributed by atoms with Gasteiger partial charge >= 0.3 is 12.4 Å². The predicted octanol–water partition coefficient (Wildman–Crippen LogP) is 4.82. The molecule has 0 bridgehead atoms. The number of nitrogens with one attached hydrogen (secondary N) is 1. The highest BCUT2D eigenvalue weighted by molar-refractivity contribution is 5.39. The summed E-state index contributed by atoms with van der Waals surface area (Å²) < 4.78 is 76.7. The minimum atomic E-state index is -4.68. The van der Waals surface area contributed by atoms with Crippen molar-refractivity contribution in [1.29, 1.82) is 0 Å². The van der Waals surface area contributed by atoms with Gasteiger partial charge in [-0.2, -0.15) is 26.3 Å². The fraction of sp³-hybridized carbons (Fsp3) is 0.214. The van der Waals surface area contributed by atoms with E-state index in [1.165, 1.54) is 24.4 Å². The van der Waals surface area contributed by atoms with Crippen LogP contribution in [0.3, 0.4) is 0 Å². The van der Waals surface area contributed by atoms with Crippen molar-refractivity contribution in [3.05, 3.63) is 59.8 Å². The zero-order valence-electron chi connectivity index (χ0n) is 10.9. The van der Waals surface area contributed by atoms with E-state index in [0.717, 1.165) is 12.1 Å². The molecule has 0 fully saturated rings. The van der Waals surface area contributed by atoms with E-state index in [4.69, 9.17) is 0 Å². The molecule has 0 saturated heterocycles. The van der Waals surface area contributed by atoms with Gasteiger partial charge in [-0.1, -0.05) is 18.2 Å². The van der Waals surface area contributed by atoms with E-state index in [0.29, 0.717) is 12.1 Å². The molecule has 0 aliphatic carbocycles. The molecule has 8 heteroatoms. The molecule has 22 heavy (non-hydrogen) atoms. The molecule has 118 valence electrons. The fourth-order valence-corrected chi connectivity index (χ4v) is 1.81. The Morgan fingerprint density at radius 1 is 0.864 bits per heavy atom. The molecule has 1 N–H and O–H groups in total. The van der Waals surface area contributed by atoms with Crippen LogP contribution in [0.1, 0.15) is 17.2 Å². The second-order valence-corrected chi connectivity index (χ2v) is 4.45. The topological polar surface area (TPSA) is 24.9 Å². The van der Waals surface area contributed by atoms with E-state index in [9.17, 15) is 26.3 Å². The minimum Gasteiger partial charge on any atom is -0.355 e. The van der Waals surface area contributed by atoms with E-state index < -0.39 is 24.0 Å². The van der Waals surface area contributed by atoms with Gasteiger partial charge in [-0.05, 0) is 29.8 Å². The zero-order chi connectivity index (χ0) is 16.4. The van der Waals surface area contributed by atoms with Gasteiger partial charge in [0.2, 0.25) is 0 Å². The summed E-state index contributed by atoms with van der Waals surface area (Å²) in [4.78, 5) is 3.72. The van der Waals surface area contributed by atoms with E-state index in [2.05, 4.69) is 10.3 Å². The number of alkyl halides is 6. The number of halogens is 6. The Balaban J connectivity index is 2.30. The highest BCUT2D eigenvalue weighted by Gasteiger charge is 2.41. The molecule has 1 heterocycles. The summed E-state index contributed by atoms with van der Waals surface area (Å²) in [6.07, 6.45) is -7.97. The molecule has 2 aromatic rings. The second-order valence-electron chi connectivity index (χ2n) is 4.45. The maximum Gasteiger partial charge on any atom is 0.416 e. The highest BCUT2D eigenvalue weighted by atomic mass is 19.4. The summed E-state index contributed by atoms with van der Waals surface area (Å²) in [7, 11) is 0. The number of nitrogens with zero attached hydrogens (tertiary/aromatic N) is 1. The lowest BCUT2D eigenvalue weighted by atomic mass is 10.0. The van der Waals surface area contributed by atoms with E-state index in [1.807, 2.05) is 0 Å². The van der Waals surface area contributed by atoms with Crippen molar-refractivity contribution < 1.29 is 26.3 Å². The summed E-state index contributed by atoms with van der Waals surface area (Å²) >= 11 is 0. The molecule has 2 nitrogen and oxygen atoms in total. The van der Waals surface area contributed by atoms with E-state index >= 15 is 0 Å². The monoisotopic (exact) mass is 320 g/mol. The third kappa shape index (κ3) is 3.90. The Morgan fingerprint density at radius 3 is 1.95 bits per heavy atom. The molecule has 1 aromatic carbocycles. The molecule has 0 aliphatic rings. The fourth-order valence-electron chi connectivity index (χ4n) is 1.81. The summed E-state index contributed by atoms with van der Waals surface area (Å²) in [5.74, 6) is -0.0234. The van der Waals surface area contributed by atoms with E-state index in [1.54, 1.807) is 0 Å². The molecular formula is C14H10F6N2. The van der Waals surface area contributed by atoms with Gasteiger partial charge in [0.15, 0.2) is 0 Å². The number of hydrogen-bond acceptors (Lipinski definition) is 2. The number of anilines is 1. The molecule has 0 spiro atoms. The van der Waals surface area contributed by atoms with Crippen molar-refractivity contribution in [3.8, 4) is 0 Å². The zero-order valence-corrected chi connectivity index (χ0v) is 10.9. The molecule has 1 aromatic heterocycles. The van der Waals surface area contributed by atoms with Gasteiger partial charge in [0.05, 0.1) is 5.56 Å². The lowest BCUT2D eigenvalue weighted by molar-refractivity contribution is -0.144. The lowest BCUT2D eigenvalue weighted by Crippen LogP contribution is -2.28. The van der Waals surface area contributed by atoms with E-state index in [-0.39, 0.29) is 11.4 Å². The lowest BCUT2D eigenvalue weighted by Gasteiger charge is -2.23. The second kappa shape index (κ2) is 5.86. The van der Waals surface area contributed by atoms with Crippen LogP contribution >= 0.6 is 0 Å². The Morgan fingerprint density at radius 2 is 1.50 bits per heavy atom. The van der Waals surface area contributed by atoms with Crippen LogP contribution < -0.4 is 5.32 Å². The third-order valence-corrected chi connectivity index (χ3v) is 2.86. The normalized spacial score (nSPS) is 13.7. The first-order valence-corrected chi connectivity index (χ1v) is 6.09. The maximum atomic E-state index is 13.1. The van der Waals surface area contributed by atoms with Crippen LogP contribution in [0, 0.1) is 0 Å². The van der Waals surface area contributed by atoms with Crippen LogP contribution in [0.25, 0.3) is 0 Å². The third-order valence-electron chi connectivity index (χ3n) is 2.86. The largest absolute Gasteiger partial charge is 0.416 e. The van der Waals surface area contributed by atoms with Gasteiger partial charge < -0.3 is 5.32 Å². The van der Waals surface area contributed by atoms with Crippen LogP contribution in [-0.4, -0.2) is 11.2 Å². The summed E-state index contributed by atoms with van der Waals surface area (Å²) in [6, 6.07) is 5.06. The van der Waals surface area contributed by atoms with Crippen LogP contribution in [0.15, 0.2) is 48.7 Å². The maximum absolute atomic E-state index is 13.1. The van der Waals surface area contributed by atoms with Gasteiger partial charge in [-0.15, -0.1) is 0 Å². The quantitative estimate of drug-likeness (QED) is 0.821. The van der Waals surface area contributed by atoms with Crippen molar-refractivity contribution in [3.63, 3.8) is 0 Å². The average molecular weight is 320 g/mol. The van der Waals surface area contributed by atoms with Crippen molar-refractivity contribution in [2.75, 3.05) is 5.32 Å². The van der Waals surface area contributed by atoms with Gasteiger partial charge in [-0.3, -0.25) is 0 Å². The molecule has 0 radical (unpaired) electrons. The number of aromatic nitrogens is 1. The molecule has 0 saturated carbocycles. The predicted molar refractivity (Wildman–Crippen MR) is 68.1 cm³/mol. The van der Waals surface area contributed by atoms with Crippen LogP contribution in [0.4, 0.5) is 32.2 Å². The Hall–Kier alpha value is -2.25. The van der Waals surface area contributed by atoms with Gasteiger partial charge in [0, 0.05) is 6.20 Å². The molecule has 0 amide bonds. The minimum absolute atomic E-state index is 0.0234. The number of pyridine rings is 1. The number of benzene rings is 1. The van der Waals surface area contributed by atoms with Crippen molar-refractivity contribution in [2.45, 2.75) is 18.4 Å². The smallest absolute Gasteiger partial charge is 0.355 e. The SMILES string of the molecule is FC(F)(F)c1ccc(C(Nc2ccccn2)C(F)(F)F)cc1. The van der Waals surface area contributed by atoms with Crippen molar-refractivity contribution in [1.82, 2.24) is 4.98 Å². The Kier molecular flexibility index (Phi) is 4.30. The number of rotatable bonds is 3. The standard InChI is InChI=1S/C14H10F6N2/c15-13(16,17)10-6-4-9(5-7-10)12(14(18,19)20)22-11-3-1-2-8-21-11/h1-8,12H,(H,21,22). The average Bonchev–Trinajstić information content (AvgIpc) is 2.44. The Bertz CT molecular complexity index is 604. The van der Waals surface area contributed by atoms with Crippen LogP contribution in [-0.2, 0) is 6.18 Å². The van der Waals surface area contributed by atoms with Gasteiger partial charge in [0.1, 0.15) is 11.9 Å². The first-order valence-electron chi connectivity index (χ1n) is 6.09. The van der Waals surface area contributed by atoms with Gasteiger partial charge in [-0.25, -0.2) is 4.98 Å².